The molecule has 2 aliphatic rings. The first-order chi connectivity index (χ1) is 22.0. The Balaban J connectivity index is 1.33. The van der Waals surface area contributed by atoms with Crippen LogP contribution in [0.5, 0.6) is 5.88 Å². The van der Waals surface area contributed by atoms with Crippen molar-refractivity contribution in [3.8, 4) is 5.88 Å². The number of carbonyl (C=O) groups is 1. The summed E-state index contributed by atoms with van der Waals surface area (Å²) in [5, 5.41) is 2.11. The van der Waals surface area contributed by atoms with Gasteiger partial charge in [0.15, 0.2) is 0 Å². The molecule has 1 amide bonds. The largest absolute Gasteiger partial charge is 0.473 e. The highest BCUT2D eigenvalue weighted by Crippen LogP contribution is 2.42. The first-order valence-electron chi connectivity index (χ1n) is 16.1. The van der Waals surface area contributed by atoms with Crippen LogP contribution in [0, 0.1) is 12.8 Å². The predicted molar refractivity (Wildman–Crippen MR) is 187 cm³/mol. The smallest absolute Gasteiger partial charge is 0.256 e. The maximum Gasteiger partial charge on any atom is 0.256 e. The third kappa shape index (κ3) is 6.87. The fraction of sp³-hybridized carbons (Fsp3) is 0.444. The second-order valence-electron chi connectivity index (χ2n) is 13.8. The molecule has 1 atom stereocenters. The molecule has 0 saturated carbocycles. The number of hydrogen-bond acceptors (Lipinski definition) is 5. The van der Waals surface area contributed by atoms with Crippen LogP contribution in [-0.4, -0.2) is 54.8 Å². The third-order valence-electron chi connectivity index (χ3n) is 9.29. The molecule has 0 bridgehead atoms. The van der Waals surface area contributed by atoms with Crippen molar-refractivity contribution in [3.05, 3.63) is 92.2 Å². The molecule has 10 heteroatoms. The summed E-state index contributed by atoms with van der Waals surface area (Å²) in [6.07, 6.45) is 2.66. The Morgan fingerprint density at radius 3 is 2.59 bits per heavy atom. The highest BCUT2D eigenvalue weighted by molar-refractivity contribution is 6.76. The van der Waals surface area contributed by atoms with Crippen LogP contribution in [0.2, 0.25) is 35.7 Å². The lowest BCUT2D eigenvalue weighted by Crippen LogP contribution is -2.38. The van der Waals surface area contributed by atoms with Crippen molar-refractivity contribution in [3.63, 3.8) is 0 Å². The van der Waals surface area contributed by atoms with E-state index in [9.17, 15) is 4.79 Å². The van der Waals surface area contributed by atoms with Crippen molar-refractivity contribution < 1.29 is 19.0 Å². The first kappa shape index (κ1) is 33.0. The molecule has 7 nitrogen and oxygen atoms in total. The van der Waals surface area contributed by atoms with Gasteiger partial charge in [0, 0.05) is 49.3 Å². The number of rotatable bonds is 12. The summed E-state index contributed by atoms with van der Waals surface area (Å²) >= 11 is 13.8. The van der Waals surface area contributed by atoms with Gasteiger partial charge in [-0.2, -0.15) is 0 Å². The number of hydrogen-bond donors (Lipinski definition) is 0. The van der Waals surface area contributed by atoms with E-state index in [1.165, 1.54) is 0 Å². The van der Waals surface area contributed by atoms with E-state index in [2.05, 4.69) is 37.2 Å². The molecule has 0 aliphatic carbocycles. The standard InChI is InChI=1S/C36H43Cl2N3O4Si/c1-23(26-20-44-21-26)29-17-31(37)28-12-13-40(36(42)32(28)33(29)38)18-30-27-11-14-41(22-43-15-16-46(3,4)5)34(27)24(2)39-35(30)45-19-25-9-7-6-8-10-25/h6-11,14,17,23,26H,12-13,15-16,18-22H2,1-5H3. The number of benzene rings is 2. The van der Waals surface area contributed by atoms with Crippen LogP contribution in [0.25, 0.3) is 10.9 Å². The van der Waals surface area contributed by atoms with Crippen molar-refractivity contribution in [1.29, 1.82) is 0 Å². The summed E-state index contributed by atoms with van der Waals surface area (Å²) in [7, 11) is -1.20. The third-order valence-corrected chi connectivity index (χ3v) is 11.7. The number of pyridine rings is 1. The van der Waals surface area contributed by atoms with E-state index in [0.29, 0.717) is 73.5 Å². The minimum Gasteiger partial charge on any atom is -0.473 e. The summed E-state index contributed by atoms with van der Waals surface area (Å²) < 4.78 is 20.1. The zero-order valence-corrected chi connectivity index (χ0v) is 29.9. The molecule has 4 aromatic rings. The average molecular weight is 681 g/mol. The van der Waals surface area contributed by atoms with Crippen LogP contribution < -0.4 is 4.74 Å². The molecule has 0 spiro atoms. The minimum atomic E-state index is -1.20. The second kappa shape index (κ2) is 13.7. The number of aromatic nitrogens is 2. The van der Waals surface area contributed by atoms with E-state index in [-0.39, 0.29) is 11.8 Å². The van der Waals surface area contributed by atoms with Crippen molar-refractivity contribution in [2.45, 2.75) is 71.8 Å². The van der Waals surface area contributed by atoms with Gasteiger partial charge in [0.2, 0.25) is 5.88 Å². The lowest BCUT2D eigenvalue weighted by atomic mass is 9.84. The lowest BCUT2D eigenvalue weighted by molar-refractivity contribution is -0.0423. The first-order valence-corrected chi connectivity index (χ1v) is 20.6. The maximum absolute atomic E-state index is 14.3. The summed E-state index contributed by atoms with van der Waals surface area (Å²) in [4.78, 5) is 21.1. The number of ether oxygens (including phenoxy) is 3. The minimum absolute atomic E-state index is 0.121. The Morgan fingerprint density at radius 2 is 1.89 bits per heavy atom. The maximum atomic E-state index is 14.3. The van der Waals surface area contributed by atoms with E-state index in [0.717, 1.165) is 51.5 Å². The van der Waals surface area contributed by atoms with Gasteiger partial charge >= 0.3 is 0 Å². The van der Waals surface area contributed by atoms with Gasteiger partial charge in [-0.25, -0.2) is 4.98 Å². The van der Waals surface area contributed by atoms with Gasteiger partial charge in [-0.15, -0.1) is 0 Å². The summed E-state index contributed by atoms with van der Waals surface area (Å²) in [6.45, 7) is 15.0. The molecule has 2 aliphatic heterocycles. The number of halogens is 2. The molecular formula is C36H43Cl2N3O4Si. The Labute approximate surface area is 282 Å². The molecular weight excluding hydrogens is 637 g/mol. The van der Waals surface area contributed by atoms with Crippen LogP contribution in [-0.2, 0) is 35.8 Å². The van der Waals surface area contributed by atoms with Crippen LogP contribution in [0.3, 0.4) is 0 Å². The van der Waals surface area contributed by atoms with Crippen molar-refractivity contribution >= 4 is 48.1 Å². The highest BCUT2D eigenvalue weighted by Gasteiger charge is 2.35. The lowest BCUT2D eigenvalue weighted by Gasteiger charge is -2.35. The average Bonchev–Trinajstić information content (AvgIpc) is 3.42. The Kier molecular flexibility index (Phi) is 9.83. The molecule has 1 unspecified atom stereocenters. The number of amides is 1. The molecule has 46 heavy (non-hydrogen) atoms. The topological polar surface area (TPSA) is 65.8 Å². The van der Waals surface area contributed by atoms with Gasteiger partial charge in [0.25, 0.3) is 5.91 Å². The molecule has 1 fully saturated rings. The second-order valence-corrected chi connectivity index (χ2v) is 20.2. The van der Waals surface area contributed by atoms with E-state index in [1.807, 2.05) is 54.4 Å². The molecule has 6 rings (SSSR count). The van der Waals surface area contributed by atoms with E-state index >= 15 is 0 Å². The van der Waals surface area contributed by atoms with Crippen LogP contribution >= 0.6 is 23.2 Å². The molecule has 2 aromatic carbocycles. The molecule has 0 N–H and O–H groups in total. The zero-order chi connectivity index (χ0) is 32.6. The molecule has 4 heterocycles. The zero-order valence-electron chi connectivity index (χ0n) is 27.4. The normalized spacial score (nSPS) is 16.1. The van der Waals surface area contributed by atoms with Gasteiger partial charge in [-0.1, -0.05) is 80.1 Å². The van der Waals surface area contributed by atoms with Gasteiger partial charge in [-0.3, -0.25) is 4.79 Å². The number of nitrogens with zero attached hydrogens (tertiary/aromatic N) is 3. The summed E-state index contributed by atoms with van der Waals surface area (Å²) in [5.74, 6) is 0.908. The van der Waals surface area contributed by atoms with Gasteiger partial charge in [-0.05, 0) is 54.1 Å². The predicted octanol–water partition coefficient (Wildman–Crippen LogP) is 8.49. The monoisotopic (exact) mass is 679 g/mol. The Morgan fingerprint density at radius 1 is 1.13 bits per heavy atom. The van der Waals surface area contributed by atoms with Gasteiger partial charge < -0.3 is 23.7 Å². The number of carbonyl (C=O) groups excluding carboxylic acids is 1. The van der Waals surface area contributed by atoms with Crippen molar-refractivity contribution in [1.82, 2.24) is 14.5 Å². The van der Waals surface area contributed by atoms with Crippen LogP contribution in [0.1, 0.15) is 51.1 Å². The molecule has 1 saturated heterocycles. The summed E-state index contributed by atoms with van der Waals surface area (Å²) in [6, 6.07) is 15.2. The van der Waals surface area contributed by atoms with Crippen LogP contribution in [0.15, 0.2) is 48.7 Å². The highest BCUT2D eigenvalue weighted by atomic mass is 35.5. The van der Waals surface area contributed by atoms with Crippen molar-refractivity contribution in [2.75, 3.05) is 26.4 Å². The fourth-order valence-corrected chi connectivity index (χ4v) is 7.77. The fourth-order valence-electron chi connectivity index (χ4n) is 6.28. The number of aryl methyl sites for hydroxylation is 1. The van der Waals surface area contributed by atoms with Crippen molar-refractivity contribution in [2.24, 2.45) is 5.92 Å². The summed E-state index contributed by atoms with van der Waals surface area (Å²) in [5.41, 5.74) is 5.99. The van der Waals surface area contributed by atoms with Crippen LogP contribution in [0.4, 0.5) is 0 Å². The van der Waals surface area contributed by atoms with E-state index in [4.69, 9.17) is 42.4 Å². The molecule has 2 aromatic heterocycles. The van der Waals surface area contributed by atoms with Gasteiger partial charge in [0.05, 0.1) is 41.6 Å². The molecule has 244 valence electrons. The van der Waals surface area contributed by atoms with Gasteiger partial charge in [0.1, 0.15) is 13.3 Å². The van der Waals surface area contributed by atoms with E-state index < -0.39 is 8.07 Å². The molecule has 0 radical (unpaired) electrons. The quantitative estimate of drug-likeness (QED) is 0.111. The number of fused-ring (bicyclic) bond motifs is 2. The Hall–Kier alpha value is -2.88. The Bertz CT molecular complexity index is 1730. The van der Waals surface area contributed by atoms with E-state index in [1.54, 1.807) is 0 Å². The SMILES string of the molecule is Cc1nc(OCc2ccccc2)c(CN2CCc3c(Cl)cc(C(C)C4COC4)c(Cl)c3C2=O)c2ccn(COCC[Si](C)(C)C)c12.